The fraction of sp³-hybridized carbons (Fsp3) is 0.269. The number of carbonyl (C=O) groups excluding carboxylic acids is 1. The molecule has 1 amide bonds. The molecule has 0 radical (unpaired) electrons. The molecule has 154 valence electrons. The van der Waals surface area contributed by atoms with Gasteiger partial charge in [-0.25, -0.2) is 0 Å². The Morgan fingerprint density at radius 2 is 1.70 bits per heavy atom. The van der Waals surface area contributed by atoms with Gasteiger partial charge in [-0.05, 0) is 73.7 Å². The van der Waals surface area contributed by atoms with Crippen molar-refractivity contribution in [3.63, 3.8) is 0 Å². The number of carbonyl (C=O) groups is 1. The highest BCUT2D eigenvalue weighted by atomic mass is 16.5. The molecule has 0 bridgehead atoms. The Hall–Kier alpha value is -3.27. The predicted molar refractivity (Wildman–Crippen MR) is 121 cm³/mol. The van der Waals surface area contributed by atoms with Crippen LogP contribution < -0.4 is 15.4 Å². The van der Waals surface area contributed by atoms with Gasteiger partial charge in [0.1, 0.15) is 11.5 Å². The molecule has 1 aliphatic rings. The zero-order chi connectivity index (χ0) is 20.9. The molecule has 0 spiro atoms. The lowest BCUT2D eigenvalue weighted by atomic mass is 10.1. The maximum atomic E-state index is 12.1. The summed E-state index contributed by atoms with van der Waals surface area (Å²) in [5.74, 6) is 2.31. The lowest BCUT2D eigenvalue weighted by Gasteiger charge is -2.10. The Morgan fingerprint density at radius 1 is 0.967 bits per heavy atom. The number of para-hydroxylation sites is 1. The van der Waals surface area contributed by atoms with Crippen LogP contribution in [0.4, 0.5) is 5.69 Å². The minimum absolute atomic E-state index is 0.124. The second-order valence-corrected chi connectivity index (χ2v) is 8.15. The molecule has 3 aromatic carbocycles. The van der Waals surface area contributed by atoms with Crippen LogP contribution in [0.5, 0.6) is 11.5 Å². The van der Waals surface area contributed by atoms with Crippen molar-refractivity contribution in [2.75, 3.05) is 5.32 Å². The monoisotopic (exact) mass is 400 g/mol. The third-order valence-electron chi connectivity index (χ3n) is 5.27. The molecule has 1 saturated carbocycles. The fourth-order valence-electron chi connectivity index (χ4n) is 3.64. The molecule has 2 atom stereocenters. The first kappa shape index (κ1) is 20.0. The number of hydrogen-bond acceptors (Lipinski definition) is 3. The van der Waals surface area contributed by atoms with Crippen LogP contribution in [0, 0.1) is 5.92 Å². The van der Waals surface area contributed by atoms with Crippen molar-refractivity contribution >= 4 is 11.6 Å². The third kappa shape index (κ3) is 5.20. The smallest absolute Gasteiger partial charge is 0.223 e. The van der Waals surface area contributed by atoms with Gasteiger partial charge >= 0.3 is 0 Å². The summed E-state index contributed by atoms with van der Waals surface area (Å²) < 4.78 is 5.91. The van der Waals surface area contributed by atoms with E-state index in [0.29, 0.717) is 12.5 Å². The zero-order valence-corrected chi connectivity index (χ0v) is 17.5. The highest BCUT2D eigenvalue weighted by Gasteiger charge is 2.43. The number of anilines is 1. The van der Waals surface area contributed by atoms with Crippen LogP contribution in [0.3, 0.4) is 0 Å². The molecular weight excluding hydrogens is 372 g/mol. The average Bonchev–Trinajstić information content (AvgIpc) is 3.54. The van der Waals surface area contributed by atoms with Crippen molar-refractivity contribution < 1.29 is 9.53 Å². The van der Waals surface area contributed by atoms with E-state index in [1.165, 1.54) is 5.56 Å². The number of ether oxygens (including phenoxy) is 1. The summed E-state index contributed by atoms with van der Waals surface area (Å²) in [7, 11) is 0. The third-order valence-corrected chi connectivity index (χ3v) is 5.27. The van der Waals surface area contributed by atoms with Crippen LogP contribution >= 0.6 is 0 Å². The van der Waals surface area contributed by atoms with Gasteiger partial charge in [0.15, 0.2) is 0 Å². The van der Waals surface area contributed by atoms with Gasteiger partial charge in [0, 0.05) is 24.2 Å². The van der Waals surface area contributed by atoms with Crippen LogP contribution in [-0.2, 0) is 11.3 Å². The van der Waals surface area contributed by atoms with Gasteiger partial charge in [-0.2, -0.15) is 0 Å². The van der Waals surface area contributed by atoms with E-state index in [0.717, 1.165) is 29.2 Å². The molecule has 4 nitrogen and oxygen atoms in total. The summed E-state index contributed by atoms with van der Waals surface area (Å²) in [6, 6.07) is 26.5. The van der Waals surface area contributed by atoms with Gasteiger partial charge in [0.25, 0.3) is 0 Å². The molecule has 0 aromatic heterocycles. The van der Waals surface area contributed by atoms with E-state index in [4.69, 9.17) is 4.74 Å². The zero-order valence-electron chi connectivity index (χ0n) is 17.5. The van der Waals surface area contributed by atoms with E-state index in [2.05, 4.69) is 47.0 Å². The van der Waals surface area contributed by atoms with Crippen molar-refractivity contribution in [1.82, 2.24) is 5.32 Å². The molecule has 0 saturated heterocycles. The van der Waals surface area contributed by atoms with E-state index >= 15 is 0 Å². The first-order valence-electron chi connectivity index (χ1n) is 10.5. The largest absolute Gasteiger partial charge is 0.457 e. The van der Waals surface area contributed by atoms with Crippen molar-refractivity contribution in [1.29, 1.82) is 0 Å². The number of rotatable bonds is 8. The van der Waals surface area contributed by atoms with E-state index in [-0.39, 0.29) is 17.9 Å². The van der Waals surface area contributed by atoms with E-state index in [9.17, 15) is 4.79 Å². The molecule has 2 N–H and O–H groups in total. The number of nitrogens with one attached hydrogen (secondary N) is 2. The summed E-state index contributed by atoms with van der Waals surface area (Å²) in [5.41, 5.74) is 3.46. The second kappa shape index (κ2) is 9.04. The first-order chi connectivity index (χ1) is 14.6. The topological polar surface area (TPSA) is 50.4 Å². The summed E-state index contributed by atoms with van der Waals surface area (Å²) in [6.45, 7) is 4.71. The van der Waals surface area contributed by atoms with Crippen molar-refractivity contribution in [3.05, 3.63) is 90.0 Å². The number of hydrogen-bond donors (Lipinski definition) is 2. The van der Waals surface area contributed by atoms with Gasteiger partial charge in [0.2, 0.25) is 5.91 Å². The quantitative estimate of drug-likeness (QED) is 0.508. The first-order valence-corrected chi connectivity index (χ1v) is 10.5. The van der Waals surface area contributed by atoms with Gasteiger partial charge < -0.3 is 15.4 Å². The van der Waals surface area contributed by atoms with Gasteiger partial charge in [-0.3, -0.25) is 4.79 Å². The van der Waals surface area contributed by atoms with Crippen LogP contribution in [-0.4, -0.2) is 11.9 Å². The maximum Gasteiger partial charge on any atom is 0.223 e. The highest BCUT2D eigenvalue weighted by Crippen LogP contribution is 2.47. The molecule has 3 aromatic rings. The highest BCUT2D eigenvalue weighted by molar-refractivity contribution is 5.83. The van der Waals surface area contributed by atoms with Crippen LogP contribution in [0.2, 0.25) is 0 Å². The lowest BCUT2D eigenvalue weighted by Crippen LogP contribution is -2.31. The van der Waals surface area contributed by atoms with Gasteiger partial charge in [-0.1, -0.05) is 42.5 Å². The predicted octanol–water partition coefficient (Wildman–Crippen LogP) is 5.72. The number of benzene rings is 3. The van der Waals surface area contributed by atoms with E-state index < -0.39 is 0 Å². The Kier molecular flexibility index (Phi) is 6.03. The fourth-order valence-corrected chi connectivity index (χ4v) is 3.64. The van der Waals surface area contributed by atoms with Crippen molar-refractivity contribution in [3.8, 4) is 11.5 Å². The molecule has 2 unspecified atom stereocenters. The Morgan fingerprint density at radius 3 is 2.43 bits per heavy atom. The molecule has 0 heterocycles. The van der Waals surface area contributed by atoms with Gasteiger partial charge in [-0.15, -0.1) is 0 Å². The van der Waals surface area contributed by atoms with Gasteiger partial charge in [0.05, 0.1) is 0 Å². The molecule has 4 heteroatoms. The molecule has 1 fully saturated rings. The minimum atomic E-state index is 0.124. The Bertz CT molecular complexity index is 983. The normalized spacial score (nSPS) is 17.4. The summed E-state index contributed by atoms with van der Waals surface area (Å²) in [5, 5.41) is 6.48. The maximum absolute atomic E-state index is 12.1. The van der Waals surface area contributed by atoms with Crippen LogP contribution in [0.1, 0.15) is 37.3 Å². The summed E-state index contributed by atoms with van der Waals surface area (Å²) >= 11 is 0. The Balaban J connectivity index is 1.31. The lowest BCUT2D eigenvalue weighted by molar-refractivity contribution is -0.122. The SMILES string of the molecule is CC(C)NC(=O)C1CC1c1ccc(NCc2cccc(Oc3ccccc3)c2)cc1. The summed E-state index contributed by atoms with van der Waals surface area (Å²) in [4.78, 5) is 12.1. The molecule has 30 heavy (non-hydrogen) atoms. The molecule has 1 aliphatic carbocycles. The number of amides is 1. The van der Waals surface area contributed by atoms with E-state index in [1.807, 2.05) is 56.3 Å². The van der Waals surface area contributed by atoms with E-state index in [1.54, 1.807) is 0 Å². The van der Waals surface area contributed by atoms with Crippen molar-refractivity contribution in [2.24, 2.45) is 5.92 Å². The minimum Gasteiger partial charge on any atom is -0.457 e. The second-order valence-electron chi connectivity index (χ2n) is 8.15. The standard InChI is InChI=1S/C26H28N2O2/c1-18(2)28-26(29)25-16-24(25)20-11-13-21(14-12-20)27-17-19-7-6-10-23(15-19)30-22-8-4-3-5-9-22/h3-15,18,24-25,27H,16-17H2,1-2H3,(H,28,29). The molecule has 0 aliphatic heterocycles. The Labute approximate surface area is 178 Å². The van der Waals surface area contributed by atoms with Crippen molar-refractivity contribution in [2.45, 2.75) is 38.8 Å². The van der Waals surface area contributed by atoms with Crippen LogP contribution in [0.15, 0.2) is 78.9 Å². The van der Waals surface area contributed by atoms with Crippen LogP contribution in [0.25, 0.3) is 0 Å². The molecule has 4 rings (SSSR count). The summed E-state index contributed by atoms with van der Waals surface area (Å²) in [6.07, 6.45) is 0.944. The average molecular weight is 401 g/mol. The molecular formula is C26H28N2O2.